The van der Waals surface area contributed by atoms with E-state index in [4.69, 9.17) is 9.84 Å². The van der Waals surface area contributed by atoms with Gasteiger partial charge < -0.3 is 14.4 Å². The molecule has 0 spiro atoms. The number of carboxylic acids is 1. The van der Waals surface area contributed by atoms with Crippen LogP contribution in [0.15, 0.2) is 53.5 Å². The maximum absolute atomic E-state index is 11.5. The molecule has 1 N–H and O–H groups in total. The maximum atomic E-state index is 11.5. The molecule has 3 rings (SSSR count). The Bertz CT molecular complexity index is 844. The van der Waals surface area contributed by atoms with E-state index in [-0.39, 0.29) is 0 Å². The van der Waals surface area contributed by atoms with Crippen molar-refractivity contribution in [2.75, 3.05) is 6.54 Å². The number of hydrogen-bond donors (Lipinski definition) is 1. The van der Waals surface area contributed by atoms with E-state index in [1.54, 1.807) is 12.1 Å². The largest absolute Gasteiger partial charge is 0.478 e. The van der Waals surface area contributed by atoms with Crippen LogP contribution in [0, 0.1) is 0 Å². The average Bonchev–Trinajstić information content (AvgIpc) is 2.99. The van der Waals surface area contributed by atoms with Crippen molar-refractivity contribution < 1.29 is 19.4 Å². The van der Waals surface area contributed by atoms with Crippen molar-refractivity contribution in [3.05, 3.63) is 54.2 Å². The number of carbonyl (C=O) groups excluding carboxylic acids is 1. The summed E-state index contributed by atoms with van der Waals surface area (Å²) in [5.41, 5.74) is 4.24. The molecule has 6 heteroatoms. The second-order valence-corrected chi connectivity index (χ2v) is 5.34. The Morgan fingerprint density at radius 2 is 1.83 bits per heavy atom. The van der Waals surface area contributed by atoms with Crippen LogP contribution in [-0.4, -0.2) is 33.9 Å². The number of benzene rings is 1. The minimum Gasteiger partial charge on any atom is -0.478 e. The van der Waals surface area contributed by atoms with Crippen LogP contribution < -0.4 is 4.74 Å². The molecular formula is C18H16N2O4. The van der Waals surface area contributed by atoms with Crippen LogP contribution in [0.1, 0.15) is 12.6 Å². The number of ether oxygens (including phenoxy) is 1. The summed E-state index contributed by atoms with van der Waals surface area (Å²) in [6.07, 6.45) is 1.62. The van der Waals surface area contributed by atoms with Gasteiger partial charge in [-0.1, -0.05) is 0 Å². The number of aromatic nitrogens is 1. The lowest BCUT2D eigenvalue weighted by atomic mass is 10.1. The Labute approximate surface area is 138 Å². The smallest absolute Gasteiger partial charge is 0.336 e. The third-order valence-corrected chi connectivity index (χ3v) is 3.75. The highest BCUT2D eigenvalue weighted by Gasteiger charge is 2.15. The highest BCUT2D eigenvalue weighted by molar-refractivity contribution is 5.98. The number of aliphatic carboxylic acids is 1. The van der Waals surface area contributed by atoms with Gasteiger partial charge in [-0.15, -0.1) is 0 Å². The fourth-order valence-corrected chi connectivity index (χ4v) is 2.66. The molecule has 0 aliphatic carbocycles. The summed E-state index contributed by atoms with van der Waals surface area (Å²) >= 11 is 0. The Morgan fingerprint density at radius 3 is 2.54 bits per heavy atom. The van der Waals surface area contributed by atoms with Crippen LogP contribution in [0.4, 0.5) is 0 Å². The zero-order valence-electron chi connectivity index (χ0n) is 13.1. The van der Waals surface area contributed by atoms with E-state index in [1.807, 2.05) is 19.1 Å². The van der Waals surface area contributed by atoms with Crippen molar-refractivity contribution in [1.29, 1.82) is 0 Å². The number of aliphatic imine (C=N–C) groups is 1. The molecule has 0 unspecified atom stereocenters. The summed E-state index contributed by atoms with van der Waals surface area (Å²) < 4.78 is 7.27. The quantitative estimate of drug-likeness (QED) is 0.532. The van der Waals surface area contributed by atoms with Crippen molar-refractivity contribution in [3.63, 3.8) is 0 Å². The van der Waals surface area contributed by atoms with Crippen LogP contribution in [0.5, 0.6) is 5.75 Å². The molecule has 1 aromatic heterocycles. The molecule has 0 saturated carbocycles. The molecule has 0 amide bonds. The maximum Gasteiger partial charge on any atom is 0.336 e. The molecule has 1 aromatic carbocycles. The predicted octanol–water partition coefficient (Wildman–Crippen LogP) is 2.52. The third-order valence-electron chi connectivity index (χ3n) is 3.75. The zero-order chi connectivity index (χ0) is 17.1. The summed E-state index contributed by atoms with van der Waals surface area (Å²) in [6, 6.07) is 11.2. The molecule has 0 fully saturated rings. The number of fused-ring (bicyclic) bond motifs is 1. The van der Waals surface area contributed by atoms with Gasteiger partial charge in [-0.2, -0.15) is 0 Å². The van der Waals surface area contributed by atoms with Gasteiger partial charge in [0.2, 0.25) is 0 Å². The van der Waals surface area contributed by atoms with Crippen molar-refractivity contribution in [2.45, 2.75) is 13.5 Å². The number of nitrogens with zero attached hydrogens (tertiary/aromatic N) is 2. The minimum absolute atomic E-state index is 0.363. The normalized spacial score (nSPS) is 13.5. The number of hydrogen-bond acceptors (Lipinski definition) is 4. The van der Waals surface area contributed by atoms with Gasteiger partial charge in [0.05, 0.1) is 18.0 Å². The molecule has 0 saturated heterocycles. The summed E-state index contributed by atoms with van der Waals surface area (Å²) in [6.45, 7) is 3.61. The van der Waals surface area contributed by atoms with Gasteiger partial charge in [-0.3, -0.25) is 4.99 Å². The lowest BCUT2D eigenvalue weighted by Gasteiger charge is -2.17. The highest BCUT2D eigenvalue weighted by atomic mass is 16.5. The summed E-state index contributed by atoms with van der Waals surface area (Å²) in [5, 5.41) is 8.48. The molecule has 6 nitrogen and oxygen atoms in total. The Kier molecular flexibility index (Phi) is 4.29. The lowest BCUT2D eigenvalue weighted by Crippen LogP contribution is -2.16. The number of esters is 1. The van der Waals surface area contributed by atoms with Crippen LogP contribution in [-0.2, 0) is 16.1 Å². The van der Waals surface area contributed by atoms with E-state index in [9.17, 15) is 9.59 Å². The Balaban J connectivity index is 1.77. The van der Waals surface area contributed by atoms with Crippen LogP contribution >= 0.6 is 0 Å². The van der Waals surface area contributed by atoms with Gasteiger partial charge in [0.25, 0.3) is 0 Å². The SMILES string of the molecule is CC1=NCCn2c1ccc2-c1ccc(OC(=O)/C=C/C(=O)O)cc1. The van der Waals surface area contributed by atoms with Gasteiger partial charge in [0.1, 0.15) is 5.75 Å². The van der Waals surface area contributed by atoms with E-state index in [2.05, 4.69) is 21.7 Å². The highest BCUT2D eigenvalue weighted by Crippen LogP contribution is 2.26. The summed E-state index contributed by atoms with van der Waals surface area (Å²) in [7, 11) is 0. The first-order valence-corrected chi connectivity index (χ1v) is 7.49. The monoisotopic (exact) mass is 324 g/mol. The molecule has 0 atom stereocenters. The molecule has 2 aromatic rings. The van der Waals surface area contributed by atoms with E-state index >= 15 is 0 Å². The summed E-state index contributed by atoms with van der Waals surface area (Å²) in [4.78, 5) is 26.3. The van der Waals surface area contributed by atoms with Crippen LogP contribution in [0.2, 0.25) is 0 Å². The van der Waals surface area contributed by atoms with E-state index in [0.717, 1.165) is 47.9 Å². The van der Waals surface area contributed by atoms with Gasteiger partial charge in [-0.05, 0) is 48.9 Å². The number of rotatable bonds is 4. The second-order valence-electron chi connectivity index (χ2n) is 5.34. The lowest BCUT2D eigenvalue weighted by molar-refractivity contribution is -0.133. The van der Waals surface area contributed by atoms with E-state index in [0.29, 0.717) is 5.75 Å². The topological polar surface area (TPSA) is 80.9 Å². The van der Waals surface area contributed by atoms with Crippen molar-refractivity contribution in [3.8, 4) is 17.0 Å². The zero-order valence-corrected chi connectivity index (χ0v) is 13.1. The van der Waals surface area contributed by atoms with Crippen molar-refractivity contribution >= 4 is 17.7 Å². The van der Waals surface area contributed by atoms with Gasteiger partial charge in [0.15, 0.2) is 0 Å². The molecule has 122 valence electrons. The molecule has 0 bridgehead atoms. The molecule has 0 radical (unpaired) electrons. The Hall–Kier alpha value is -3.15. The number of carboxylic acid groups (broad SMARTS) is 1. The molecule has 24 heavy (non-hydrogen) atoms. The van der Waals surface area contributed by atoms with E-state index < -0.39 is 11.9 Å². The first-order chi connectivity index (χ1) is 11.5. The molecular weight excluding hydrogens is 308 g/mol. The first-order valence-electron chi connectivity index (χ1n) is 7.49. The molecule has 2 heterocycles. The van der Waals surface area contributed by atoms with Crippen LogP contribution in [0.3, 0.4) is 0 Å². The predicted molar refractivity (Wildman–Crippen MR) is 89.4 cm³/mol. The Morgan fingerprint density at radius 1 is 1.12 bits per heavy atom. The average molecular weight is 324 g/mol. The third kappa shape index (κ3) is 3.27. The second kappa shape index (κ2) is 6.54. The fraction of sp³-hybridized carbons (Fsp3) is 0.167. The first kappa shape index (κ1) is 15.7. The number of carbonyl (C=O) groups is 2. The van der Waals surface area contributed by atoms with Crippen molar-refractivity contribution in [1.82, 2.24) is 4.57 Å². The van der Waals surface area contributed by atoms with E-state index in [1.165, 1.54) is 0 Å². The minimum atomic E-state index is -1.20. The van der Waals surface area contributed by atoms with Crippen molar-refractivity contribution in [2.24, 2.45) is 4.99 Å². The van der Waals surface area contributed by atoms with Gasteiger partial charge in [-0.25, -0.2) is 9.59 Å². The molecule has 1 aliphatic rings. The fourth-order valence-electron chi connectivity index (χ4n) is 2.66. The van der Waals surface area contributed by atoms with Gasteiger partial charge in [0, 0.05) is 24.4 Å². The standard InChI is InChI=1S/C18H16N2O4/c1-12-15-6-7-16(20(15)11-10-19-12)13-2-4-14(5-3-13)24-18(23)9-8-17(21)22/h2-9H,10-11H2,1H3,(H,21,22)/b9-8+. The van der Waals surface area contributed by atoms with Gasteiger partial charge >= 0.3 is 11.9 Å². The summed E-state index contributed by atoms with van der Waals surface area (Å²) in [5.74, 6) is -1.56. The van der Waals surface area contributed by atoms with Crippen LogP contribution in [0.25, 0.3) is 11.3 Å². The molecule has 1 aliphatic heterocycles.